The highest BCUT2D eigenvalue weighted by Gasteiger charge is 2.31. The highest BCUT2D eigenvalue weighted by molar-refractivity contribution is 9.10. The van der Waals surface area contributed by atoms with Gasteiger partial charge in [-0.15, -0.1) is 0 Å². The maximum Gasteiger partial charge on any atom is 0.506 e. The first-order valence-electron chi connectivity index (χ1n) is 12.0. The van der Waals surface area contributed by atoms with Crippen LogP contribution in [0.3, 0.4) is 0 Å². The Morgan fingerprint density at radius 2 is 1.97 bits per heavy atom. The van der Waals surface area contributed by atoms with E-state index in [0.29, 0.717) is 30.9 Å². The first kappa shape index (κ1) is 28.9. The monoisotopic (exact) mass is 589 g/mol. The van der Waals surface area contributed by atoms with Crippen LogP contribution in [0.25, 0.3) is 0 Å². The minimum Gasteiger partial charge on any atom is -0.539 e. The van der Waals surface area contributed by atoms with E-state index in [9.17, 15) is 14.4 Å². The third-order valence-corrected chi connectivity index (χ3v) is 8.12. The second-order valence-corrected chi connectivity index (χ2v) is 16.6. The molecule has 0 saturated heterocycles. The number of hydrogen-bond donors (Lipinski definition) is 1. The molecule has 0 fully saturated rings. The van der Waals surface area contributed by atoms with E-state index in [1.54, 1.807) is 17.0 Å². The maximum absolute atomic E-state index is 13.2. The molecule has 0 aromatic heterocycles. The first-order chi connectivity index (χ1) is 17.6. The molecule has 4 amide bonds. The summed E-state index contributed by atoms with van der Waals surface area (Å²) in [4.78, 5) is 40.5. The van der Waals surface area contributed by atoms with Gasteiger partial charge in [-0.1, -0.05) is 53.8 Å². The molecule has 198 valence electrons. The van der Waals surface area contributed by atoms with E-state index in [-0.39, 0.29) is 26.9 Å². The molecular formula is C25H33BBrN3O6Si. The predicted molar refractivity (Wildman–Crippen MR) is 148 cm³/mol. The van der Waals surface area contributed by atoms with E-state index < -0.39 is 20.1 Å². The van der Waals surface area contributed by atoms with Gasteiger partial charge in [0.25, 0.3) is 5.91 Å². The zero-order chi connectivity index (χ0) is 27.0. The number of imide groups is 1. The SMILES string of the molecule is COBOc1ccc2c(c1)C(=O)N(C[C@H](NC(=O)N(C=O)COCC[Si](C)(C)C)c1ccc(Br)cc1)C2. The number of hydrogen-bond acceptors (Lipinski definition) is 6. The topological polar surface area (TPSA) is 97.4 Å². The van der Waals surface area contributed by atoms with Crippen molar-refractivity contribution in [1.82, 2.24) is 15.1 Å². The minimum atomic E-state index is -1.29. The molecule has 3 rings (SSSR count). The number of carbonyl (C=O) groups excluding carboxylic acids is 3. The first-order valence-corrected chi connectivity index (χ1v) is 16.5. The van der Waals surface area contributed by atoms with Crippen LogP contribution in [0.15, 0.2) is 46.9 Å². The zero-order valence-electron chi connectivity index (χ0n) is 21.7. The summed E-state index contributed by atoms with van der Waals surface area (Å²) in [7, 11) is 0.322. The Morgan fingerprint density at radius 3 is 2.62 bits per heavy atom. The van der Waals surface area contributed by atoms with Gasteiger partial charge in [-0.25, -0.2) is 9.69 Å². The smallest absolute Gasteiger partial charge is 0.506 e. The largest absolute Gasteiger partial charge is 0.539 e. The fraction of sp³-hybridized carbons (Fsp3) is 0.400. The number of carbonyl (C=O) groups is 3. The van der Waals surface area contributed by atoms with E-state index in [1.807, 2.05) is 30.3 Å². The van der Waals surface area contributed by atoms with Gasteiger partial charge in [0.1, 0.15) is 12.5 Å². The average molecular weight is 590 g/mol. The normalized spacial score (nSPS) is 13.6. The van der Waals surface area contributed by atoms with Gasteiger partial charge >= 0.3 is 13.7 Å². The Kier molecular flexibility index (Phi) is 10.3. The van der Waals surface area contributed by atoms with Crippen LogP contribution >= 0.6 is 15.9 Å². The van der Waals surface area contributed by atoms with Gasteiger partial charge in [0.2, 0.25) is 6.41 Å². The molecule has 37 heavy (non-hydrogen) atoms. The van der Waals surface area contributed by atoms with Crippen LogP contribution in [0.1, 0.15) is 27.5 Å². The van der Waals surface area contributed by atoms with Gasteiger partial charge in [-0.2, -0.15) is 0 Å². The molecule has 1 atom stereocenters. The fourth-order valence-corrected chi connectivity index (χ4v) is 4.79. The summed E-state index contributed by atoms with van der Waals surface area (Å²) in [5.41, 5.74) is 2.23. The Hall–Kier alpha value is -2.67. The molecule has 1 aliphatic rings. The lowest BCUT2D eigenvalue weighted by Gasteiger charge is -2.27. The summed E-state index contributed by atoms with van der Waals surface area (Å²) in [5.74, 6) is 0.389. The van der Waals surface area contributed by atoms with Crippen LogP contribution in [-0.4, -0.2) is 70.9 Å². The van der Waals surface area contributed by atoms with Crippen molar-refractivity contribution in [2.75, 3.05) is 27.0 Å². The summed E-state index contributed by atoms with van der Waals surface area (Å²) < 4.78 is 16.9. The summed E-state index contributed by atoms with van der Waals surface area (Å²) >= 11 is 3.43. The molecule has 0 radical (unpaired) electrons. The number of benzene rings is 2. The second-order valence-electron chi connectivity index (χ2n) is 10.0. The van der Waals surface area contributed by atoms with Crippen molar-refractivity contribution < 1.29 is 28.4 Å². The molecule has 9 nitrogen and oxygen atoms in total. The molecule has 1 aliphatic heterocycles. The van der Waals surface area contributed by atoms with Crippen molar-refractivity contribution in [3.05, 3.63) is 63.6 Å². The van der Waals surface area contributed by atoms with Gasteiger partial charge in [0.15, 0.2) is 0 Å². The number of urea groups is 1. The van der Waals surface area contributed by atoms with Crippen molar-refractivity contribution >= 4 is 50.0 Å². The lowest BCUT2D eigenvalue weighted by atomic mass is 10.1. The van der Waals surface area contributed by atoms with Crippen LogP contribution in [0.5, 0.6) is 5.75 Å². The number of nitrogens with zero attached hydrogens (tertiary/aromatic N) is 2. The molecule has 1 heterocycles. The van der Waals surface area contributed by atoms with Crippen molar-refractivity contribution in [1.29, 1.82) is 0 Å². The van der Waals surface area contributed by atoms with E-state index >= 15 is 0 Å². The molecule has 12 heteroatoms. The summed E-state index contributed by atoms with van der Waals surface area (Å²) in [6.07, 6.45) is 0.459. The molecule has 0 unspecified atom stereocenters. The Morgan fingerprint density at radius 1 is 1.24 bits per heavy atom. The van der Waals surface area contributed by atoms with Crippen LogP contribution in [0, 0.1) is 0 Å². The number of halogens is 1. The number of ether oxygens (including phenoxy) is 1. The third-order valence-electron chi connectivity index (χ3n) is 5.89. The van der Waals surface area contributed by atoms with Crippen molar-refractivity contribution in [3.8, 4) is 5.75 Å². The molecule has 1 N–H and O–H groups in total. The number of nitrogens with one attached hydrogen (secondary N) is 1. The van der Waals surface area contributed by atoms with Crippen LogP contribution in [0.2, 0.25) is 25.7 Å². The van der Waals surface area contributed by atoms with Gasteiger partial charge in [0, 0.05) is 44.9 Å². The van der Waals surface area contributed by atoms with Crippen molar-refractivity contribution in [3.63, 3.8) is 0 Å². The highest BCUT2D eigenvalue weighted by atomic mass is 79.9. The standard InChI is InChI=1S/C25H33BBrN3O6Si/c1-34-26-36-21-10-7-19-14-29(24(32)22(19)13-21)15-23(18-5-8-20(27)9-6-18)28-25(33)30(16-31)17-35-11-12-37(2,3)4/h5-10,13,16,23,26H,11-12,14-15,17H2,1-4H3,(H,28,33)/t23-/m0/s1. The molecule has 0 aliphatic carbocycles. The zero-order valence-corrected chi connectivity index (χ0v) is 24.2. The lowest BCUT2D eigenvalue weighted by Crippen LogP contribution is -2.45. The van der Waals surface area contributed by atoms with E-state index in [1.165, 1.54) is 7.11 Å². The molecule has 2 aromatic rings. The number of fused-ring (bicyclic) bond motifs is 1. The average Bonchev–Trinajstić information content (AvgIpc) is 3.16. The summed E-state index contributed by atoms with van der Waals surface area (Å²) in [6.45, 7) is 7.67. The predicted octanol–water partition coefficient (Wildman–Crippen LogP) is 3.92. The lowest BCUT2D eigenvalue weighted by molar-refractivity contribution is -0.119. The Balaban J connectivity index is 1.71. The van der Waals surface area contributed by atoms with Gasteiger partial charge in [-0.05, 0) is 41.4 Å². The van der Waals surface area contributed by atoms with Crippen LogP contribution < -0.4 is 9.97 Å². The van der Waals surface area contributed by atoms with Crippen molar-refractivity contribution in [2.45, 2.75) is 38.3 Å². The summed E-state index contributed by atoms with van der Waals surface area (Å²) in [6, 6.07) is 12.6. The third kappa shape index (κ3) is 8.42. The Labute approximate surface area is 227 Å². The van der Waals surface area contributed by atoms with E-state index in [4.69, 9.17) is 14.0 Å². The molecule has 0 bridgehead atoms. The van der Waals surface area contributed by atoms with Gasteiger partial charge in [0.05, 0.1) is 6.04 Å². The number of amides is 4. The molecular weight excluding hydrogens is 557 g/mol. The van der Waals surface area contributed by atoms with Crippen molar-refractivity contribution in [2.24, 2.45) is 0 Å². The molecule has 0 spiro atoms. The molecule has 0 saturated carbocycles. The summed E-state index contributed by atoms with van der Waals surface area (Å²) in [5, 5.41) is 2.91. The molecule has 2 aromatic carbocycles. The highest BCUT2D eigenvalue weighted by Crippen LogP contribution is 2.29. The minimum absolute atomic E-state index is 0.0868. The quantitative estimate of drug-likeness (QED) is 0.165. The van der Waals surface area contributed by atoms with Gasteiger partial charge < -0.3 is 24.3 Å². The van der Waals surface area contributed by atoms with Crippen LogP contribution in [0.4, 0.5) is 4.79 Å². The maximum atomic E-state index is 13.2. The second kappa shape index (κ2) is 13.2. The van der Waals surface area contributed by atoms with E-state index in [0.717, 1.165) is 26.5 Å². The van der Waals surface area contributed by atoms with Crippen LogP contribution in [-0.2, 0) is 20.7 Å². The Bertz CT molecular complexity index is 1100. The fourth-order valence-electron chi connectivity index (χ4n) is 3.76. The number of rotatable bonds is 13. The van der Waals surface area contributed by atoms with E-state index in [2.05, 4.69) is 40.9 Å². The van der Waals surface area contributed by atoms with Gasteiger partial charge in [-0.3, -0.25) is 9.59 Å².